The third-order valence-electron chi connectivity index (χ3n) is 4.44. The summed E-state index contributed by atoms with van der Waals surface area (Å²) in [5.41, 5.74) is 0.128. The third-order valence-corrected chi connectivity index (χ3v) is 6.27. The molecule has 0 spiro atoms. The smallest absolute Gasteiger partial charge is 0.245 e. The molecule has 0 N–H and O–H groups in total. The van der Waals surface area contributed by atoms with Crippen LogP contribution in [0.15, 0.2) is 23.4 Å². The zero-order valence-corrected chi connectivity index (χ0v) is 12.8. The minimum absolute atomic E-state index is 0.0740. The predicted octanol–water partition coefficient (Wildman–Crippen LogP) is 0.999. The van der Waals surface area contributed by atoms with Crippen molar-refractivity contribution in [1.82, 2.24) is 9.29 Å². The van der Waals surface area contributed by atoms with Crippen molar-refractivity contribution in [3.8, 4) is 6.07 Å². The summed E-state index contributed by atoms with van der Waals surface area (Å²) in [6.07, 6.45) is 2.65. The Kier molecular flexibility index (Phi) is 3.28. The second kappa shape index (κ2) is 4.77. The summed E-state index contributed by atoms with van der Waals surface area (Å²) in [4.78, 5) is 3.93. The van der Waals surface area contributed by atoms with Crippen molar-refractivity contribution in [2.75, 3.05) is 19.8 Å². The van der Waals surface area contributed by atoms with Crippen LogP contribution < -0.4 is 0 Å². The van der Waals surface area contributed by atoms with Gasteiger partial charge < -0.3 is 4.74 Å². The Labute approximate surface area is 124 Å². The second-order valence-corrected chi connectivity index (χ2v) is 8.16. The number of nitriles is 1. The summed E-state index contributed by atoms with van der Waals surface area (Å²) >= 11 is 0. The van der Waals surface area contributed by atoms with Crippen LogP contribution in [0.25, 0.3) is 0 Å². The maximum Gasteiger partial charge on any atom is 0.245 e. The number of rotatable bonds is 2. The molecule has 0 aromatic carbocycles. The van der Waals surface area contributed by atoms with Crippen LogP contribution in [0, 0.1) is 22.7 Å². The number of sulfonamides is 1. The Morgan fingerprint density at radius 2 is 2.19 bits per heavy atom. The summed E-state index contributed by atoms with van der Waals surface area (Å²) in [5, 5.41) is 8.91. The number of nitrogens with zero attached hydrogens (tertiary/aromatic N) is 3. The first-order valence-corrected chi connectivity index (χ1v) is 8.25. The largest absolute Gasteiger partial charge is 0.379 e. The summed E-state index contributed by atoms with van der Waals surface area (Å²) in [6, 6.07) is 3.17. The molecule has 2 fully saturated rings. The average molecular weight is 307 g/mol. The molecule has 0 aliphatic carbocycles. The zero-order chi connectivity index (χ0) is 15.3. The maximum atomic E-state index is 12.9. The Bertz CT molecular complexity index is 708. The van der Waals surface area contributed by atoms with Crippen molar-refractivity contribution in [3.63, 3.8) is 0 Å². The number of ether oxygens (including phenoxy) is 1. The third kappa shape index (κ3) is 2.24. The molecule has 0 radical (unpaired) electrons. The Morgan fingerprint density at radius 3 is 2.90 bits per heavy atom. The van der Waals surface area contributed by atoms with Gasteiger partial charge in [0.25, 0.3) is 0 Å². The molecule has 2 atom stereocenters. The summed E-state index contributed by atoms with van der Waals surface area (Å²) in [7, 11) is -3.66. The van der Waals surface area contributed by atoms with Crippen LogP contribution in [-0.4, -0.2) is 43.5 Å². The zero-order valence-electron chi connectivity index (χ0n) is 12.0. The highest BCUT2D eigenvalue weighted by atomic mass is 32.2. The first-order valence-electron chi connectivity index (χ1n) is 6.81. The van der Waals surface area contributed by atoms with E-state index in [4.69, 9.17) is 10.00 Å². The number of fused-ring (bicyclic) bond motifs is 1. The lowest BCUT2D eigenvalue weighted by Gasteiger charge is -2.23. The van der Waals surface area contributed by atoms with E-state index in [0.717, 1.165) is 0 Å². The van der Waals surface area contributed by atoms with Gasteiger partial charge in [0, 0.05) is 24.9 Å². The van der Waals surface area contributed by atoms with Gasteiger partial charge in [0.2, 0.25) is 10.0 Å². The highest BCUT2D eigenvalue weighted by Crippen LogP contribution is 2.45. The van der Waals surface area contributed by atoms with Gasteiger partial charge in [-0.1, -0.05) is 13.8 Å². The number of aromatic nitrogens is 1. The van der Waals surface area contributed by atoms with Gasteiger partial charge in [0.15, 0.2) is 0 Å². The molecule has 112 valence electrons. The van der Waals surface area contributed by atoms with E-state index in [0.29, 0.717) is 19.8 Å². The number of pyridine rings is 1. The van der Waals surface area contributed by atoms with E-state index in [1.54, 1.807) is 0 Å². The maximum absolute atomic E-state index is 12.9. The molecule has 0 amide bonds. The summed E-state index contributed by atoms with van der Waals surface area (Å²) < 4.78 is 32.7. The van der Waals surface area contributed by atoms with Crippen molar-refractivity contribution in [1.29, 1.82) is 5.26 Å². The molecule has 3 rings (SSSR count). The van der Waals surface area contributed by atoms with E-state index in [9.17, 15) is 8.42 Å². The Morgan fingerprint density at radius 1 is 1.43 bits per heavy atom. The van der Waals surface area contributed by atoms with E-state index < -0.39 is 10.0 Å². The van der Waals surface area contributed by atoms with E-state index in [1.165, 1.54) is 22.8 Å². The average Bonchev–Trinajstić information content (AvgIpc) is 3.02. The fourth-order valence-electron chi connectivity index (χ4n) is 3.23. The molecule has 0 saturated carbocycles. The van der Waals surface area contributed by atoms with Crippen molar-refractivity contribution >= 4 is 10.0 Å². The standard InChI is InChI=1S/C14H17N3O3S/c1-14(2)9-17(13-8-20-7-12(13)14)21(18,19)11-3-10(4-15)5-16-6-11/h3,5-6,12-13H,7-9H2,1-2H3/t12-,13+/m0/s1. The van der Waals surface area contributed by atoms with Gasteiger partial charge in [-0.05, 0) is 11.5 Å². The van der Waals surface area contributed by atoms with Gasteiger partial charge in [-0.25, -0.2) is 8.42 Å². The molecule has 2 aliphatic rings. The van der Waals surface area contributed by atoms with E-state index in [1.807, 2.05) is 6.07 Å². The van der Waals surface area contributed by atoms with Crippen molar-refractivity contribution in [2.24, 2.45) is 11.3 Å². The molecule has 1 aromatic rings. The highest BCUT2D eigenvalue weighted by Gasteiger charge is 2.54. The first kappa shape index (κ1) is 14.4. The molecular weight excluding hydrogens is 290 g/mol. The van der Waals surface area contributed by atoms with Gasteiger partial charge in [-0.15, -0.1) is 0 Å². The molecule has 7 heteroatoms. The normalized spacial score (nSPS) is 28.2. The van der Waals surface area contributed by atoms with Crippen LogP contribution in [0.2, 0.25) is 0 Å². The minimum atomic E-state index is -3.66. The van der Waals surface area contributed by atoms with Crippen LogP contribution in [0.1, 0.15) is 19.4 Å². The van der Waals surface area contributed by atoms with Crippen LogP contribution >= 0.6 is 0 Å². The molecule has 2 saturated heterocycles. The van der Waals surface area contributed by atoms with Crippen molar-refractivity contribution in [3.05, 3.63) is 24.0 Å². The van der Waals surface area contributed by atoms with E-state index in [-0.39, 0.29) is 27.8 Å². The Hall–Kier alpha value is -1.49. The Balaban J connectivity index is 2.01. The highest BCUT2D eigenvalue weighted by molar-refractivity contribution is 7.89. The van der Waals surface area contributed by atoms with Crippen LogP contribution in [-0.2, 0) is 14.8 Å². The summed E-state index contributed by atoms with van der Waals surface area (Å²) in [5.74, 6) is 0.208. The molecule has 21 heavy (non-hydrogen) atoms. The topological polar surface area (TPSA) is 83.3 Å². The molecule has 6 nitrogen and oxygen atoms in total. The van der Waals surface area contributed by atoms with Crippen LogP contribution in [0.3, 0.4) is 0 Å². The lowest BCUT2D eigenvalue weighted by atomic mass is 9.80. The van der Waals surface area contributed by atoms with Crippen molar-refractivity contribution in [2.45, 2.75) is 24.8 Å². The van der Waals surface area contributed by atoms with Gasteiger partial charge in [0.1, 0.15) is 11.0 Å². The molecule has 0 unspecified atom stereocenters. The lowest BCUT2D eigenvalue weighted by Crippen LogP contribution is -2.38. The van der Waals surface area contributed by atoms with Gasteiger partial charge in [-0.2, -0.15) is 9.57 Å². The number of hydrogen-bond donors (Lipinski definition) is 0. The van der Waals surface area contributed by atoms with E-state index in [2.05, 4.69) is 18.8 Å². The second-order valence-electron chi connectivity index (χ2n) is 6.27. The minimum Gasteiger partial charge on any atom is -0.379 e. The number of hydrogen-bond acceptors (Lipinski definition) is 5. The lowest BCUT2D eigenvalue weighted by molar-refractivity contribution is 0.137. The monoisotopic (exact) mass is 307 g/mol. The van der Waals surface area contributed by atoms with Gasteiger partial charge in [-0.3, -0.25) is 4.98 Å². The van der Waals surface area contributed by atoms with Crippen LogP contribution in [0.5, 0.6) is 0 Å². The van der Waals surface area contributed by atoms with E-state index >= 15 is 0 Å². The predicted molar refractivity (Wildman–Crippen MR) is 74.7 cm³/mol. The molecule has 1 aromatic heterocycles. The SMILES string of the molecule is CC1(C)CN(S(=O)(=O)c2cncc(C#N)c2)[C@@H]2COC[C@@H]21. The molecule has 0 bridgehead atoms. The van der Waals surface area contributed by atoms with Gasteiger partial charge in [0.05, 0.1) is 24.8 Å². The fourth-order valence-corrected chi connectivity index (χ4v) is 5.04. The quantitative estimate of drug-likeness (QED) is 0.814. The summed E-state index contributed by atoms with van der Waals surface area (Å²) in [6.45, 7) is 5.63. The van der Waals surface area contributed by atoms with Crippen molar-refractivity contribution < 1.29 is 13.2 Å². The fraction of sp³-hybridized carbons (Fsp3) is 0.571. The molecular formula is C14H17N3O3S. The van der Waals surface area contributed by atoms with Gasteiger partial charge >= 0.3 is 0 Å². The van der Waals surface area contributed by atoms with Crippen LogP contribution in [0.4, 0.5) is 0 Å². The molecule has 2 aliphatic heterocycles. The first-order chi connectivity index (χ1) is 9.86. The molecule has 3 heterocycles.